The molecule has 0 bridgehead atoms. The van der Waals surface area contributed by atoms with Crippen LogP contribution in [-0.2, 0) is 4.79 Å². The van der Waals surface area contributed by atoms with Gasteiger partial charge in [-0.25, -0.2) is 0 Å². The molecule has 0 unspecified atom stereocenters. The van der Waals surface area contributed by atoms with Crippen LogP contribution in [0.1, 0.15) is 18.1 Å². The third-order valence-electron chi connectivity index (χ3n) is 2.09. The lowest BCUT2D eigenvalue weighted by Crippen LogP contribution is -2.19. The number of hydrogen-bond acceptors (Lipinski definition) is 3. The monoisotopic (exact) mass is 233 g/mol. The lowest BCUT2D eigenvalue weighted by atomic mass is 10.1. The molecule has 1 aromatic rings. The Bertz CT molecular complexity index is 436. The normalized spacial score (nSPS) is 11.7. The Morgan fingerprint density at radius 1 is 1.47 bits per heavy atom. The molecule has 0 saturated heterocycles. The maximum absolute atomic E-state index is 10.6. The van der Waals surface area contributed by atoms with E-state index in [9.17, 15) is 4.79 Å². The molecule has 0 saturated carbocycles. The van der Waals surface area contributed by atoms with Gasteiger partial charge in [-0.1, -0.05) is 41.6 Å². The van der Waals surface area contributed by atoms with Crippen LogP contribution in [0.25, 0.3) is 6.08 Å². The molecule has 1 amide bonds. The summed E-state index contributed by atoms with van der Waals surface area (Å²) >= 11 is 0. The molecule has 0 aromatic heterocycles. The summed E-state index contributed by atoms with van der Waals surface area (Å²) in [5.41, 5.74) is 7.07. The zero-order chi connectivity index (χ0) is 12.7. The van der Waals surface area contributed by atoms with Crippen molar-refractivity contribution in [3.05, 3.63) is 41.5 Å². The van der Waals surface area contributed by atoms with Gasteiger partial charge in [0.2, 0.25) is 5.91 Å². The van der Waals surface area contributed by atoms with Crippen LogP contribution >= 0.6 is 0 Å². The number of carbonyl (C=O) groups is 1. The summed E-state index contributed by atoms with van der Waals surface area (Å²) in [6.07, 6.45) is 3.73. The molecule has 4 N–H and O–H groups in total. The van der Waals surface area contributed by atoms with Crippen LogP contribution in [-0.4, -0.2) is 23.5 Å². The molecule has 17 heavy (non-hydrogen) atoms. The van der Waals surface area contributed by atoms with Crippen molar-refractivity contribution < 1.29 is 10.0 Å². The molecule has 0 heterocycles. The summed E-state index contributed by atoms with van der Waals surface area (Å²) < 4.78 is 0. The van der Waals surface area contributed by atoms with Crippen molar-refractivity contribution in [2.24, 2.45) is 10.9 Å². The fraction of sp³-hybridized carbons (Fsp3) is 0.167. The van der Waals surface area contributed by atoms with Crippen LogP contribution < -0.4 is 11.1 Å². The Morgan fingerprint density at radius 3 is 2.65 bits per heavy atom. The summed E-state index contributed by atoms with van der Waals surface area (Å²) in [4.78, 5) is 10.6. The quantitative estimate of drug-likeness (QED) is 0.313. The molecule has 0 aliphatic rings. The number of benzene rings is 1. The largest absolute Gasteiger partial charge is 0.409 e. The molecule has 0 radical (unpaired) electrons. The first kappa shape index (κ1) is 12.8. The predicted octanol–water partition coefficient (Wildman–Crippen LogP) is 0.930. The van der Waals surface area contributed by atoms with Crippen LogP contribution in [0, 0.1) is 0 Å². The molecule has 0 spiro atoms. The molecule has 0 atom stereocenters. The fourth-order valence-electron chi connectivity index (χ4n) is 1.22. The first-order chi connectivity index (χ1) is 8.13. The minimum absolute atomic E-state index is 0.0584. The van der Waals surface area contributed by atoms with Crippen molar-refractivity contribution in [3.8, 4) is 0 Å². The molecule has 1 aromatic carbocycles. The summed E-state index contributed by atoms with van der Waals surface area (Å²) in [5.74, 6) is 0.0238. The molecule has 5 heteroatoms. The maximum Gasteiger partial charge on any atom is 0.217 e. The van der Waals surface area contributed by atoms with Crippen LogP contribution in [0.4, 0.5) is 0 Å². The average molecular weight is 233 g/mol. The van der Waals surface area contributed by atoms with E-state index in [1.54, 1.807) is 12.1 Å². The van der Waals surface area contributed by atoms with Gasteiger partial charge >= 0.3 is 0 Å². The Hall–Kier alpha value is -2.30. The maximum atomic E-state index is 10.6. The molecule has 0 aliphatic carbocycles. The van der Waals surface area contributed by atoms with Gasteiger partial charge in [0.25, 0.3) is 0 Å². The lowest BCUT2D eigenvalue weighted by molar-refractivity contribution is -0.118. The number of nitrogens with one attached hydrogen (secondary N) is 1. The molecular formula is C12H15N3O2. The highest BCUT2D eigenvalue weighted by molar-refractivity contribution is 5.97. The van der Waals surface area contributed by atoms with E-state index in [4.69, 9.17) is 10.9 Å². The zero-order valence-corrected chi connectivity index (χ0v) is 9.55. The lowest BCUT2D eigenvalue weighted by Gasteiger charge is -1.99. The highest BCUT2D eigenvalue weighted by atomic mass is 16.4. The minimum Gasteiger partial charge on any atom is -0.409 e. The second kappa shape index (κ2) is 6.32. The SMILES string of the molecule is CC(=O)NCC=Cc1ccc(C(N)=NO)cc1. The van der Waals surface area contributed by atoms with Crippen molar-refractivity contribution in [3.63, 3.8) is 0 Å². The number of amidine groups is 1. The second-order valence-electron chi connectivity index (χ2n) is 3.45. The minimum atomic E-state index is -0.0584. The van der Waals surface area contributed by atoms with E-state index in [1.165, 1.54) is 6.92 Å². The summed E-state index contributed by atoms with van der Waals surface area (Å²) in [6.45, 7) is 1.97. The van der Waals surface area contributed by atoms with Gasteiger partial charge in [0.05, 0.1) is 0 Å². The molecular weight excluding hydrogens is 218 g/mol. The Balaban J connectivity index is 2.59. The third-order valence-corrected chi connectivity index (χ3v) is 2.09. The van der Waals surface area contributed by atoms with E-state index in [0.29, 0.717) is 12.1 Å². The van der Waals surface area contributed by atoms with E-state index >= 15 is 0 Å². The molecule has 1 rings (SSSR count). The van der Waals surface area contributed by atoms with Crippen molar-refractivity contribution in [2.45, 2.75) is 6.92 Å². The molecule has 90 valence electrons. The van der Waals surface area contributed by atoms with Crippen LogP contribution in [0.15, 0.2) is 35.5 Å². The number of amides is 1. The van der Waals surface area contributed by atoms with Gasteiger partial charge < -0.3 is 16.3 Å². The van der Waals surface area contributed by atoms with Crippen molar-refractivity contribution in [1.29, 1.82) is 0 Å². The van der Waals surface area contributed by atoms with E-state index in [0.717, 1.165) is 5.56 Å². The zero-order valence-electron chi connectivity index (χ0n) is 9.55. The summed E-state index contributed by atoms with van der Waals surface area (Å²) in [6, 6.07) is 7.20. The summed E-state index contributed by atoms with van der Waals surface area (Å²) in [5, 5.41) is 14.1. The number of hydrogen-bond donors (Lipinski definition) is 3. The summed E-state index contributed by atoms with van der Waals surface area (Å²) in [7, 11) is 0. The number of carbonyl (C=O) groups excluding carboxylic acids is 1. The van der Waals surface area contributed by atoms with E-state index in [-0.39, 0.29) is 11.7 Å². The van der Waals surface area contributed by atoms with Crippen LogP contribution in [0.5, 0.6) is 0 Å². The second-order valence-corrected chi connectivity index (χ2v) is 3.45. The first-order valence-corrected chi connectivity index (χ1v) is 5.12. The number of nitrogens with two attached hydrogens (primary N) is 1. The first-order valence-electron chi connectivity index (χ1n) is 5.12. The van der Waals surface area contributed by atoms with Crippen molar-refractivity contribution >= 4 is 17.8 Å². The molecule has 0 fully saturated rings. The highest BCUT2D eigenvalue weighted by Gasteiger charge is 1.97. The third kappa shape index (κ3) is 4.38. The van der Waals surface area contributed by atoms with E-state index < -0.39 is 0 Å². The van der Waals surface area contributed by atoms with Crippen LogP contribution in [0.2, 0.25) is 0 Å². The smallest absolute Gasteiger partial charge is 0.217 e. The van der Waals surface area contributed by atoms with Gasteiger partial charge in [-0.3, -0.25) is 4.79 Å². The number of oxime groups is 1. The van der Waals surface area contributed by atoms with Gasteiger partial charge in [-0.05, 0) is 5.56 Å². The molecule has 0 aliphatic heterocycles. The van der Waals surface area contributed by atoms with Gasteiger partial charge in [-0.15, -0.1) is 0 Å². The van der Waals surface area contributed by atoms with E-state index in [2.05, 4.69) is 10.5 Å². The predicted molar refractivity (Wildman–Crippen MR) is 66.7 cm³/mol. The van der Waals surface area contributed by atoms with Gasteiger partial charge in [0.15, 0.2) is 5.84 Å². The topological polar surface area (TPSA) is 87.7 Å². The van der Waals surface area contributed by atoms with Crippen molar-refractivity contribution in [1.82, 2.24) is 5.32 Å². The number of rotatable bonds is 4. The number of nitrogens with zero attached hydrogens (tertiary/aromatic N) is 1. The molecule has 5 nitrogen and oxygen atoms in total. The van der Waals surface area contributed by atoms with Gasteiger partial charge in [0.1, 0.15) is 0 Å². The van der Waals surface area contributed by atoms with Crippen molar-refractivity contribution in [2.75, 3.05) is 6.54 Å². The standard InChI is InChI=1S/C12H15N3O2/c1-9(16)14-8-2-3-10-4-6-11(7-5-10)12(13)15-17/h2-7,17H,8H2,1H3,(H2,13,15)(H,14,16). The Kier molecular flexibility index (Phi) is 4.75. The highest BCUT2D eigenvalue weighted by Crippen LogP contribution is 2.05. The van der Waals surface area contributed by atoms with Gasteiger partial charge in [0, 0.05) is 19.0 Å². The average Bonchev–Trinajstić information content (AvgIpc) is 2.34. The van der Waals surface area contributed by atoms with Crippen LogP contribution in [0.3, 0.4) is 0 Å². The van der Waals surface area contributed by atoms with Gasteiger partial charge in [-0.2, -0.15) is 0 Å². The Labute approximate surface area is 99.6 Å². The Morgan fingerprint density at radius 2 is 2.12 bits per heavy atom. The van der Waals surface area contributed by atoms with E-state index in [1.807, 2.05) is 24.3 Å². The fourth-order valence-corrected chi connectivity index (χ4v) is 1.22.